The van der Waals surface area contributed by atoms with Gasteiger partial charge in [0, 0.05) is 25.5 Å². The summed E-state index contributed by atoms with van der Waals surface area (Å²) in [6, 6.07) is -5.29. The number of aliphatic hydroxyl groups excluding tert-OH is 2. The second-order valence-electron chi connectivity index (χ2n) is 9.64. The van der Waals surface area contributed by atoms with Gasteiger partial charge in [0.05, 0.1) is 38.9 Å². The van der Waals surface area contributed by atoms with Gasteiger partial charge in [0.2, 0.25) is 53.2 Å². The third-order valence-corrected chi connectivity index (χ3v) is 6.38. The Morgan fingerprint density at radius 3 is 1.67 bits per heavy atom. The summed E-state index contributed by atoms with van der Waals surface area (Å²) in [6.45, 7) is -0.978. The molecule has 46 heavy (non-hydrogen) atoms. The van der Waals surface area contributed by atoms with Crippen LogP contribution in [0, 0.1) is 0 Å². The van der Waals surface area contributed by atoms with Crippen LogP contribution in [-0.4, -0.2) is 150 Å². The number of rotatable bonds is 20. The van der Waals surface area contributed by atoms with Gasteiger partial charge in [-0.2, -0.15) is 25.3 Å². The third kappa shape index (κ3) is 16.2. The van der Waals surface area contributed by atoms with Crippen molar-refractivity contribution in [2.45, 2.75) is 44.1 Å². The average molecular weight is 696 g/mol. The largest absolute Gasteiger partial charge is 0.394 e. The molecule has 0 aromatic carbocycles. The molecule has 9 amide bonds. The lowest BCUT2D eigenvalue weighted by Gasteiger charge is -2.24. The molecule has 0 heterocycles. The lowest BCUT2D eigenvalue weighted by atomic mass is 10.1. The summed E-state index contributed by atoms with van der Waals surface area (Å²) in [7, 11) is 1.27. The van der Waals surface area contributed by atoms with Crippen molar-refractivity contribution in [1.29, 1.82) is 0 Å². The molecule has 0 radical (unpaired) electrons. The molecule has 0 saturated carbocycles. The molecule has 0 saturated heterocycles. The van der Waals surface area contributed by atoms with Crippen LogP contribution in [0.5, 0.6) is 0 Å². The van der Waals surface area contributed by atoms with E-state index in [1.54, 1.807) is 0 Å². The standard InChI is InChI=1S/C24H41N9O11S2/c1-11(35)20(23(43)28-5-17(38)31-14(9-45)22(42)26-4-16(25)37)32-18(39)6-27-21(41)13(8-34)30-19(40)7-33(3)24(44)15(10-46)29-12(2)36/h11,13-15,20,34-35,45-46H,4-10H2,1-3H3,(H2,25,37)(H,26,42)(H,27,41)(H,28,43)(H,29,36)(H,30,40)(H,31,38)(H,32,39). The van der Waals surface area contributed by atoms with Crippen molar-refractivity contribution in [2.24, 2.45) is 5.73 Å². The normalized spacial score (nSPS) is 13.7. The summed E-state index contributed by atoms with van der Waals surface area (Å²) >= 11 is 7.92. The van der Waals surface area contributed by atoms with E-state index in [1.165, 1.54) is 14.0 Å². The Morgan fingerprint density at radius 2 is 1.20 bits per heavy atom. The molecule has 0 rings (SSSR count). The van der Waals surface area contributed by atoms with E-state index in [4.69, 9.17) is 5.73 Å². The summed E-state index contributed by atoms with van der Waals surface area (Å²) < 4.78 is 0. The summed E-state index contributed by atoms with van der Waals surface area (Å²) in [5.74, 6) is -7.54. The Bertz CT molecular complexity index is 1140. The number of hydrogen-bond donors (Lipinski definition) is 12. The Kier molecular flexibility index (Phi) is 19.6. The minimum Gasteiger partial charge on any atom is -0.394 e. The monoisotopic (exact) mass is 695 g/mol. The minimum atomic E-state index is -1.59. The Morgan fingerprint density at radius 1 is 0.717 bits per heavy atom. The molecule has 0 aromatic rings. The molecule has 5 unspecified atom stereocenters. The second-order valence-corrected chi connectivity index (χ2v) is 10.4. The van der Waals surface area contributed by atoms with Gasteiger partial charge in [-0.1, -0.05) is 0 Å². The minimum absolute atomic E-state index is 0.0429. The van der Waals surface area contributed by atoms with Gasteiger partial charge in [-0.25, -0.2) is 0 Å². The van der Waals surface area contributed by atoms with Crippen LogP contribution in [0.1, 0.15) is 13.8 Å². The van der Waals surface area contributed by atoms with Gasteiger partial charge in [0.15, 0.2) is 0 Å². The molecule has 5 atom stereocenters. The van der Waals surface area contributed by atoms with Gasteiger partial charge < -0.3 is 58.1 Å². The van der Waals surface area contributed by atoms with E-state index in [2.05, 4.69) is 62.5 Å². The van der Waals surface area contributed by atoms with Crippen molar-refractivity contribution in [3.05, 3.63) is 0 Å². The van der Waals surface area contributed by atoms with Gasteiger partial charge in [0.25, 0.3) is 0 Å². The van der Waals surface area contributed by atoms with E-state index in [0.717, 1.165) is 11.8 Å². The van der Waals surface area contributed by atoms with Gasteiger partial charge >= 0.3 is 0 Å². The van der Waals surface area contributed by atoms with Crippen LogP contribution < -0.4 is 43.0 Å². The molecule has 0 fully saturated rings. The van der Waals surface area contributed by atoms with Gasteiger partial charge in [-0.15, -0.1) is 0 Å². The second kappa shape index (κ2) is 21.6. The topological polar surface area (TPSA) is 308 Å². The molecule has 260 valence electrons. The first-order chi connectivity index (χ1) is 21.5. The highest BCUT2D eigenvalue weighted by Gasteiger charge is 2.28. The number of amides is 9. The highest BCUT2D eigenvalue weighted by molar-refractivity contribution is 7.80. The van der Waals surface area contributed by atoms with Crippen molar-refractivity contribution in [2.75, 3.05) is 51.3 Å². The van der Waals surface area contributed by atoms with Crippen molar-refractivity contribution in [3.63, 3.8) is 0 Å². The first kappa shape index (κ1) is 41.9. The number of nitrogens with one attached hydrogen (secondary N) is 7. The van der Waals surface area contributed by atoms with E-state index < -0.39 is 116 Å². The van der Waals surface area contributed by atoms with Crippen LogP contribution in [0.25, 0.3) is 0 Å². The first-order valence-electron chi connectivity index (χ1n) is 13.5. The smallest absolute Gasteiger partial charge is 0.246 e. The van der Waals surface area contributed by atoms with Crippen molar-refractivity contribution in [1.82, 2.24) is 42.1 Å². The number of nitrogens with two attached hydrogens (primary N) is 1. The van der Waals surface area contributed by atoms with Gasteiger partial charge in [0.1, 0.15) is 24.2 Å². The fourth-order valence-electron chi connectivity index (χ4n) is 3.36. The number of hydrogen-bond acceptors (Lipinski definition) is 13. The van der Waals surface area contributed by atoms with E-state index in [0.29, 0.717) is 0 Å². The Balaban J connectivity index is 4.94. The predicted molar refractivity (Wildman–Crippen MR) is 166 cm³/mol. The van der Waals surface area contributed by atoms with Gasteiger partial charge in [-0.3, -0.25) is 43.2 Å². The molecule has 0 aliphatic carbocycles. The molecule has 22 heteroatoms. The van der Waals surface area contributed by atoms with E-state index in [9.17, 15) is 53.4 Å². The summed E-state index contributed by atoms with van der Waals surface area (Å²) in [6.07, 6.45) is -1.47. The number of thiol groups is 2. The molecule has 0 aliphatic rings. The molecular weight excluding hydrogens is 654 g/mol. The van der Waals surface area contributed by atoms with Crippen LogP contribution in [-0.2, 0) is 43.2 Å². The maximum atomic E-state index is 12.5. The van der Waals surface area contributed by atoms with Crippen LogP contribution in [0.15, 0.2) is 0 Å². The highest BCUT2D eigenvalue weighted by Crippen LogP contribution is 1.97. The first-order valence-corrected chi connectivity index (χ1v) is 14.8. The van der Waals surface area contributed by atoms with E-state index in [1.807, 2.05) is 0 Å². The molecular formula is C24H41N9O11S2. The van der Waals surface area contributed by atoms with Crippen molar-refractivity contribution < 1.29 is 53.4 Å². The van der Waals surface area contributed by atoms with Crippen LogP contribution in [0.3, 0.4) is 0 Å². The zero-order valence-corrected chi connectivity index (χ0v) is 27.1. The Hall–Kier alpha value is -4.15. The number of primary amides is 1. The fraction of sp³-hybridized carbons (Fsp3) is 0.625. The van der Waals surface area contributed by atoms with Crippen LogP contribution >= 0.6 is 25.3 Å². The zero-order chi connectivity index (χ0) is 35.6. The molecule has 20 nitrogen and oxygen atoms in total. The lowest BCUT2D eigenvalue weighted by Crippen LogP contribution is -2.57. The van der Waals surface area contributed by atoms with Crippen LogP contribution in [0.2, 0.25) is 0 Å². The summed E-state index contributed by atoms with van der Waals surface area (Å²) in [5, 5.41) is 35.0. The SMILES string of the molecule is CC(=O)NC(CS)C(=O)N(C)CC(=O)NC(CO)C(=O)NCC(=O)NC(C(=O)NCC(=O)NC(CS)C(=O)NCC(N)=O)C(C)O. The van der Waals surface area contributed by atoms with E-state index in [-0.39, 0.29) is 11.5 Å². The lowest BCUT2D eigenvalue weighted by molar-refractivity contribution is -0.138. The summed E-state index contributed by atoms with van der Waals surface area (Å²) in [4.78, 5) is 109. The maximum absolute atomic E-state index is 12.5. The average Bonchev–Trinajstić information content (AvgIpc) is 2.99. The highest BCUT2D eigenvalue weighted by atomic mass is 32.1. The fourth-order valence-corrected chi connectivity index (χ4v) is 3.86. The number of carbonyl (C=O) groups is 9. The molecule has 0 aromatic heterocycles. The predicted octanol–water partition coefficient (Wildman–Crippen LogP) is -7.53. The van der Waals surface area contributed by atoms with Gasteiger partial charge in [-0.05, 0) is 6.92 Å². The maximum Gasteiger partial charge on any atom is 0.246 e. The number of likely N-dealkylation sites (N-methyl/N-ethyl adjacent to an activating group) is 1. The third-order valence-electron chi connectivity index (χ3n) is 5.65. The van der Waals surface area contributed by atoms with Crippen molar-refractivity contribution >= 4 is 78.4 Å². The van der Waals surface area contributed by atoms with Crippen LogP contribution in [0.4, 0.5) is 0 Å². The molecule has 0 spiro atoms. The van der Waals surface area contributed by atoms with E-state index >= 15 is 0 Å². The van der Waals surface area contributed by atoms with Crippen molar-refractivity contribution in [3.8, 4) is 0 Å². The molecule has 0 aliphatic heterocycles. The number of nitrogens with zero attached hydrogens (tertiary/aromatic N) is 1. The zero-order valence-electron chi connectivity index (χ0n) is 25.3. The molecule has 0 bridgehead atoms. The molecule has 11 N–H and O–H groups in total. The quantitative estimate of drug-likeness (QED) is 0.0531. The number of aliphatic hydroxyl groups is 2. The Labute approximate surface area is 274 Å². The number of carbonyl (C=O) groups excluding carboxylic acids is 9. The summed E-state index contributed by atoms with van der Waals surface area (Å²) in [5.41, 5.74) is 4.94.